The minimum absolute atomic E-state index is 0.0434. The fourth-order valence-electron chi connectivity index (χ4n) is 2.25. The quantitative estimate of drug-likeness (QED) is 0.720. The molecule has 1 aliphatic carbocycles. The van der Waals surface area contributed by atoms with Crippen molar-refractivity contribution in [2.45, 2.75) is 19.5 Å². The summed E-state index contributed by atoms with van der Waals surface area (Å²) in [5.74, 6) is -0.0434. The van der Waals surface area contributed by atoms with Gasteiger partial charge in [0.05, 0.1) is 11.3 Å². The average molecular weight is 228 g/mol. The van der Waals surface area contributed by atoms with Crippen LogP contribution < -0.4 is 0 Å². The lowest BCUT2D eigenvalue weighted by Crippen LogP contribution is -2.28. The normalized spacial score (nSPS) is 21.9. The fraction of sp³-hybridized carbons (Fsp3) is 0.333. The first-order valence-corrected chi connectivity index (χ1v) is 5.59. The molecule has 0 saturated carbocycles. The van der Waals surface area contributed by atoms with Crippen LogP contribution in [0.4, 0.5) is 0 Å². The van der Waals surface area contributed by atoms with Gasteiger partial charge in [-0.3, -0.25) is 9.79 Å². The molecule has 0 saturated heterocycles. The number of carbonyl (C=O) groups is 1. The highest BCUT2D eigenvalue weighted by atomic mass is 16.1. The molecule has 2 heterocycles. The second-order valence-corrected chi connectivity index (χ2v) is 4.16. The molecule has 86 valence electrons. The van der Waals surface area contributed by atoms with Gasteiger partial charge < -0.3 is 4.90 Å². The minimum atomic E-state index is -0.0434. The third-order valence-electron chi connectivity index (χ3n) is 3.18. The van der Waals surface area contributed by atoms with Gasteiger partial charge in [0.25, 0.3) is 0 Å². The Labute approximate surface area is 98.9 Å². The molecule has 1 aromatic rings. The Morgan fingerprint density at radius 3 is 3.06 bits per heavy atom. The molecule has 0 radical (unpaired) electrons. The summed E-state index contributed by atoms with van der Waals surface area (Å²) in [5.41, 5.74) is 2.88. The molecule has 0 N–H and O–H groups in total. The van der Waals surface area contributed by atoms with Crippen LogP contribution in [0, 0.1) is 0 Å². The van der Waals surface area contributed by atoms with Gasteiger partial charge in [-0.25, -0.2) is 9.97 Å². The first-order valence-electron chi connectivity index (χ1n) is 5.59. The Morgan fingerprint density at radius 1 is 1.47 bits per heavy atom. The maximum atomic E-state index is 11.9. The Balaban J connectivity index is 2.20. The maximum Gasteiger partial charge on any atom is 0.191 e. The van der Waals surface area contributed by atoms with Gasteiger partial charge in [0, 0.05) is 19.3 Å². The zero-order valence-corrected chi connectivity index (χ0v) is 9.71. The number of aliphatic imine (C=N–C) groups is 1. The zero-order valence-electron chi connectivity index (χ0n) is 9.71. The lowest BCUT2D eigenvalue weighted by molar-refractivity contribution is 0.104. The Bertz CT molecular complexity index is 561. The van der Waals surface area contributed by atoms with Gasteiger partial charge in [-0.15, -0.1) is 0 Å². The fourth-order valence-corrected chi connectivity index (χ4v) is 2.25. The Morgan fingerprint density at radius 2 is 2.29 bits per heavy atom. The molecule has 1 unspecified atom stereocenters. The minimum Gasteiger partial charge on any atom is -0.351 e. The van der Waals surface area contributed by atoms with Crippen LogP contribution in [0.15, 0.2) is 29.3 Å². The van der Waals surface area contributed by atoms with E-state index in [-0.39, 0.29) is 11.9 Å². The van der Waals surface area contributed by atoms with Crippen molar-refractivity contribution in [3.05, 3.63) is 35.6 Å². The molecule has 0 spiro atoms. The lowest BCUT2D eigenvalue weighted by Gasteiger charge is -2.22. The SMILES string of the molecule is CCC1N=C2C(=CC(=O)c3cncnc32)N1C. The number of aromatic nitrogens is 2. The highest BCUT2D eigenvalue weighted by molar-refractivity contribution is 6.25. The van der Waals surface area contributed by atoms with Crippen molar-refractivity contribution in [1.29, 1.82) is 0 Å². The number of fused-ring (bicyclic) bond motifs is 3. The van der Waals surface area contributed by atoms with Gasteiger partial charge in [-0.1, -0.05) is 6.92 Å². The van der Waals surface area contributed by atoms with Crippen molar-refractivity contribution in [2.75, 3.05) is 7.05 Å². The van der Waals surface area contributed by atoms with Crippen molar-refractivity contribution in [3.8, 4) is 0 Å². The molecular weight excluding hydrogens is 216 g/mol. The first-order chi connectivity index (χ1) is 8.22. The van der Waals surface area contributed by atoms with Crippen molar-refractivity contribution in [2.24, 2.45) is 4.99 Å². The van der Waals surface area contributed by atoms with Crippen LogP contribution in [0.25, 0.3) is 0 Å². The van der Waals surface area contributed by atoms with Crippen LogP contribution in [0.1, 0.15) is 29.4 Å². The standard InChI is InChI=1S/C12H12N4O/c1-3-10-15-12-8(16(10)2)4-9(17)7-5-13-6-14-11(7)12/h4-6,10H,3H2,1-2H3. The van der Waals surface area contributed by atoms with Crippen molar-refractivity contribution in [3.63, 3.8) is 0 Å². The molecule has 3 rings (SSSR count). The molecule has 2 aliphatic rings. The molecule has 0 aromatic carbocycles. The third-order valence-corrected chi connectivity index (χ3v) is 3.18. The van der Waals surface area contributed by atoms with Crippen molar-refractivity contribution >= 4 is 11.5 Å². The number of ketones is 1. The number of hydrogen-bond donors (Lipinski definition) is 0. The molecule has 1 atom stereocenters. The summed E-state index contributed by atoms with van der Waals surface area (Å²) in [7, 11) is 1.95. The number of nitrogens with zero attached hydrogens (tertiary/aromatic N) is 4. The molecule has 0 fully saturated rings. The first kappa shape index (κ1) is 10.1. The summed E-state index contributed by atoms with van der Waals surface area (Å²) in [6.45, 7) is 2.08. The van der Waals surface area contributed by atoms with Gasteiger partial charge in [0.1, 0.15) is 23.9 Å². The lowest BCUT2D eigenvalue weighted by atomic mass is 9.98. The molecular formula is C12H12N4O. The van der Waals surface area contributed by atoms with Gasteiger partial charge in [-0.05, 0) is 6.42 Å². The Hall–Kier alpha value is -2.04. The van der Waals surface area contributed by atoms with E-state index in [1.165, 1.54) is 6.33 Å². The van der Waals surface area contributed by atoms with Crippen LogP contribution in [-0.4, -0.2) is 39.6 Å². The van der Waals surface area contributed by atoms with Crippen LogP contribution in [0.5, 0.6) is 0 Å². The van der Waals surface area contributed by atoms with E-state index in [2.05, 4.69) is 21.9 Å². The number of hydrogen-bond acceptors (Lipinski definition) is 5. The van der Waals surface area contributed by atoms with Crippen LogP contribution in [-0.2, 0) is 0 Å². The molecule has 17 heavy (non-hydrogen) atoms. The molecule has 5 nitrogen and oxygen atoms in total. The van der Waals surface area contributed by atoms with Crippen LogP contribution in [0.2, 0.25) is 0 Å². The molecule has 1 aromatic heterocycles. The summed E-state index contributed by atoms with van der Waals surface area (Å²) in [6.07, 6.45) is 5.65. The summed E-state index contributed by atoms with van der Waals surface area (Å²) in [6, 6.07) is 0. The van der Waals surface area contributed by atoms with E-state index in [9.17, 15) is 4.79 Å². The molecule has 0 amide bonds. The number of rotatable bonds is 1. The second-order valence-electron chi connectivity index (χ2n) is 4.16. The van der Waals surface area contributed by atoms with E-state index in [0.29, 0.717) is 11.3 Å². The van der Waals surface area contributed by atoms with Crippen molar-refractivity contribution in [1.82, 2.24) is 14.9 Å². The predicted octanol–water partition coefficient (Wildman–Crippen LogP) is 1.03. The van der Waals surface area contributed by atoms with Crippen molar-refractivity contribution < 1.29 is 4.79 Å². The molecule has 0 bridgehead atoms. The van der Waals surface area contributed by atoms with Gasteiger partial charge in [-0.2, -0.15) is 0 Å². The average Bonchev–Trinajstić information content (AvgIpc) is 2.67. The van der Waals surface area contributed by atoms with E-state index in [4.69, 9.17) is 0 Å². The summed E-state index contributed by atoms with van der Waals surface area (Å²) in [4.78, 5) is 26.7. The largest absolute Gasteiger partial charge is 0.351 e. The molecule has 1 aliphatic heterocycles. The van der Waals surface area contributed by atoms with E-state index in [0.717, 1.165) is 17.8 Å². The smallest absolute Gasteiger partial charge is 0.191 e. The highest BCUT2D eigenvalue weighted by Crippen LogP contribution is 2.29. The van der Waals surface area contributed by atoms with Gasteiger partial charge in [0.2, 0.25) is 0 Å². The number of likely N-dealkylation sites (N-methyl/N-ethyl adjacent to an activating group) is 1. The summed E-state index contributed by atoms with van der Waals surface area (Å²) >= 11 is 0. The van der Waals surface area contributed by atoms with E-state index in [1.54, 1.807) is 12.3 Å². The second kappa shape index (κ2) is 3.48. The molecule has 5 heteroatoms. The number of allylic oxidation sites excluding steroid dienone is 2. The monoisotopic (exact) mass is 228 g/mol. The summed E-state index contributed by atoms with van der Waals surface area (Å²) < 4.78 is 0. The van der Waals surface area contributed by atoms with Crippen LogP contribution in [0.3, 0.4) is 0 Å². The highest BCUT2D eigenvalue weighted by Gasteiger charge is 2.34. The van der Waals surface area contributed by atoms with Crippen LogP contribution >= 0.6 is 0 Å². The summed E-state index contributed by atoms with van der Waals surface area (Å²) in [5, 5.41) is 0. The van der Waals surface area contributed by atoms with Gasteiger partial charge in [0.15, 0.2) is 5.78 Å². The third kappa shape index (κ3) is 1.32. The maximum absolute atomic E-state index is 11.9. The van der Waals surface area contributed by atoms with E-state index < -0.39 is 0 Å². The van der Waals surface area contributed by atoms with Gasteiger partial charge >= 0.3 is 0 Å². The topological polar surface area (TPSA) is 58.5 Å². The van der Waals surface area contributed by atoms with E-state index in [1.807, 2.05) is 11.9 Å². The Kier molecular flexibility index (Phi) is 2.07. The zero-order chi connectivity index (χ0) is 12.0. The number of carbonyl (C=O) groups excluding carboxylic acids is 1. The van der Waals surface area contributed by atoms with E-state index >= 15 is 0 Å². The predicted molar refractivity (Wildman–Crippen MR) is 62.8 cm³/mol.